The number of hydrogen-bond donors (Lipinski definition) is 1. The van der Waals surface area contributed by atoms with Gasteiger partial charge in [-0.3, -0.25) is 0 Å². The van der Waals surface area contributed by atoms with Crippen LogP contribution in [0.25, 0.3) is 0 Å². The predicted molar refractivity (Wildman–Crippen MR) is 50.7 cm³/mol. The molecule has 0 radical (unpaired) electrons. The Bertz CT molecular complexity index is 300. The second-order valence-electron chi connectivity index (χ2n) is 2.82. The summed E-state index contributed by atoms with van der Waals surface area (Å²) in [6, 6.07) is 0. The van der Waals surface area contributed by atoms with E-state index in [0.29, 0.717) is 10.1 Å². The highest BCUT2D eigenvalue weighted by atomic mass is 32.2. The van der Waals surface area contributed by atoms with Crippen molar-refractivity contribution < 1.29 is 4.52 Å². The number of hydrogen-bond acceptors (Lipinski definition) is 4. The van der Waals surface area contributed by atoms with Crippen LogP contribution in [0.4, 0.5) is 0 Å². The van der Waals surface area contributed by atoms with Gasteiger partial charge < -0.3 is 4.52 Å². The van der Waals surface area contributed by atoms with Gasteiger partial charge in [0, 0.05) is 0 Å². The van der Waals surface area contributed by atoms with Gasteiger partial charge in [0.05, 0.1) is 5.25 Å². The number of rotatable bonds is 1. The molecule has 0 bridgehead atoms. The summed E-state index contributed by atoms with van der Waals surface area (Å²) in [5.74, 6) is 2.13. The smallest absolute Gasteiger partial charge is 0.314 e. The van der Waals surface area contributed by atoms with E-state index in [1.165, 1.54) is 25.0 Å². The highest BCUT2D eigenvalue weighted by molar-refractivity contribution is 7.99. The third kappa shape index (κ3) is 1.72. The van der Waals surface area contributed by atoms with Gasteiger partial charge in [0.15, 0.2) is 5.82 Å². The second kappa shape index (κ2) is 3.62. The van der Waals surface area contributed by atoms with E-state index >= 15 is 0 Å². The maximum absolute atomic E-state index is 4.88. The van der Waals surface area contributed by atoms with Crippen molar-refractivity contribution in [3.05, 3.63) is 10.7 Å². The number of thioether (sulfide) groups is 1. The first-order chi connectivity index (χ1) is 5.86. The van der Waals surface area contributed by atoms with Crippen molar-refractivity contribution in [2.24, 2.45) is 0 Å². The number of H-pyrrole nitrogens is 1. The Kier molecular flexibility index (Phi) is 2.51. The van der Waals surface area contributed by atoms with Crippen molar-refractivity contribution >= 4 is 24.0 Å². The third-order valence-corrected chi connectivity index (χ3v) is 3.50. The molecule has 3 nitrogen and oxygen atoms in total. The molecule has 5 heteroatoms. The van der Waals surface area contributed by atoms with Gasteiger partial charge in [0.1, 0.15) is 0 Å². The summed E-state index contributed by atoms with van der Waals surface area (Å²) < 4.78 is 4.88. The Hall–Kier alpha value is -0.290. The standard InChI is InChI=1S/C7H10N2OS2/c11-7-8-6(9-10-7)5-3-1-2-4-12-5/h5H,1-4H2,(H,8,9,11). The Balaban J connectivity index is 2.13. The van der Waals surface area contributed by atoms with Crippen molar-refractivity contribution in [2.75, 3.05) is 5.75 Å². The Labute approximate surface area is 79.9 Å². The maximum Gasteiger partial charge on any atom is 0.314 e. The third-order valence-electron chi connectivity index (χ3n) is 1.94. The van der Waals surface area contributed by atoms with Crippen LogP contribution in [0, 0.1) is 4.84 Å². The average molecular weight is 202 g/mol. The van der Waals surface area contributed by atoms with Crippen LogP contribution in [0.3, 0.4) is 0 Å². The van der Waals surface area contributed by atoms with E-state index < -0.39 is 0 Å². The fourth-order valence-corrected chi connectivity index (χ4v) is 2.72. The van der Waals surface area contributed by atoms with Gasteiger partial charge in [-0.1, -0.05) is 6.42 Å². The molecule has 0 aromatic carbocycles. The molecule has 1 aliphatic heterocycles. The molecule has 1 aliphatic rings. The minimum atomic E-state index is 0.316. The van der Waals surface area contributed by atoms with E-state index in [4.69, 9.17) is 16.7 Å². The lowest BCUT2D eigenvalue weighted by Crippen LogP contribution is -2.03. The molecule has 2 rings (SSSR count). The van der Waals surface area contributed by atoms with Crippen LogP contribution in [0.2, 0.25) is 0 Å². The Morgan fingerprint density at radius 3 is 3.08 bits per heavy atom. The topological polar surface area (TPSA) is 41.8 Å². The fraction of sp³-hybridized carbons (Fsp3) is 0.714. The molecule has 12 heavy (non-hydrogen) atoms. The molecule has 2 heterocycles. The molecule has 0 spiro atoms. The first-order valence-corrected chi connectivity index (χ1v) is 5.49. The van der Waals surface area contributed by atoms with E-state index in [2.05, 4.69) is 10.1 Å². The molecule has 1 saturated heterocycles. The molecule has 1 atom stereocenters. The predicted octanol–water partition coefficient (Wildman–Crippen LogP) is 2.69. The van der Waals surface area contributed by atoms with Crippen LogP contribution in [0.5, 0.6) is 0 Å². The van der Waals surface area contributed by atoms with Crippen molar-refractivity contribution in [2.45, 2.75) is 24.5 Å². The zero-order valence-electron chi connectivity index (χ0n) is 6.58. The summed E-state index contributed by atoms with van der Waals surface area (Å²) in [7, 11) is 0. The van der Waals surface area contributed by atoms with Gasteiger partial charge in [-0.15, -0.1) is 0 Å². The van der Waals surface area contributed by atoms with Crippen LogP contribution in [-0.2, 0) is 0 Å². The van der Waals surface area contributed by atoms with E-state index in [-0.39, 0.29) is 0 Å². The van der Waals surface area contributed by atoms with Gasteiger partial charge in [-0.25, -0.2) is 5.16 Å². The second-order valence-corrected chi connectivity index (χ2v) is 4.48. The molecule has 1 aromatic rings. The minimum absolute atomic E-state index is 0.316. The molecular weight excluding hydrogens is 192 g/mol. The molecule has 66 valence electrons. The highest BCUT2D eigenvalue weighted by Gasteiger charge is 2.18. The monoisotopic (exact) mass is 202 g/mol. The van der Waals surface area contributed by atoms with E-state index in [0.717, 1.165) is 5.82 Å². The van der Waals surface area contributed by atoms with Crippen molar-refractivity contribution in [3.63, 3.8) is 0 Å². The van der Waals surface area contributed by atoms with Gasteiger partial charge in [0.25, 0.3) is 0 Å². The van der Waals surface area contributed by atoms with Gasteiger partial charge in [-0.05, 0) is 30.8 Å². The van der Waals surface area contributed by atoms with Crippen LogP contribution < -0.4 is 0 Å². The first-order valence-electron chi connectivity index (χ1n) is 4.03. The largest absolute Gasteiger partial charge is 0.348 e. The highest BCUT2D eigenvalue weighted by Crippen LogP contribution is 2.36. The SMILES string of the molecule is S=c1nc(C2CCCCS2)[nH]o1. The summed E-state index contributed by atoms with van der Waals surface area (Å²) in [5.41, 5.74) is 0. The van der Waals surface area contributed by atoms with Crippen molar-refractivity contribution in [3.8, 4) is 0 Å². The maximum atomic E-state index is 4.88. The summed E-state index contributed by atoms with van der Waals surface area (Å²) in [6.07, 6.45) is 3.79. The van der Waals surface area contributed by atoms with Crippen LogP contribution in [0.15, 0.2) is 4.52 Å². The zero-order valence-corrected chi connectivity index (χ0v) is 8.21. The Morgan fingerprint density at radius 2 is 2.50 bits per heavy atom. The van der Waals surface area contributed by atoms with E-state index in [1.807, 2.05) is 11.8 Å². The summed E-state index contributed by atoms with van der Waals surface area (Å²) in [5, 5.41) is 3.24. The van der Waals surface area contributed by atoms with Crippen LogP contribution >= 0.6 is 24.0 Å². The first kappa shape index (κ1) is 8.31. The molecule has 1 N–H and O–H groups in total. The lowest BCUT2D eigenvalue weighted by Gasteiger charge is -2.17. The lowest BCUT2D eigenvalue weighted by molar-refractivity contribution is 0.396. The quantitative estimate of drug-likeness (QED) is 0.711. The fourth-order valence-electron chi connectivity index (χ4n) is 1.33. The summed E-state index contributed by atoms with van der Waals surface area (Å²) in [6.45, 7) is 0. The summed E-state index contributed by atoms with van der Waals surface area (Å²) in [4.78, 5) is 4.42. The van der Waals surface area contributed by atoms with Gasteiger partial charge in [0.2, 0.25) is 0 Å². The van der Waals surface area contributed by atoms with E-state index in [9.17, 15) is 0 Å². The van der Waals surface area contributed by atoms with Crippen LogP contribution in [0.1, 0.15) is 30.3 Å². The number of nitrogens with one attached hydrogen (secondary N) is 1. The molecule has 0 aliphatic carbocycles. The average Bonchev–Trinajstić information content (AvgIpc) is 2.54. The lowest BCUT2D eigenvalue weighted by atomic mass is 10.2. The van der Waals surface area contributed by atoms with Gasteiger partial charge >= 0.3 is 4.84 Å². The van der Waals surface area contributed by atoms with Crippen LogP contribution in [-0.4, -0.2) is 15.9 Å². The van der Waals surface area contributed by atoms with E-state index in [1.54, 1.807) is 0 Å². The molecule has 1 fully saturated rings. The number of nitrogens with zero attached hydrogens (tertiary/aromatic N) is 1. The van der Waals surface area contributed by atoms with Crippen molar-refractivity contribution in [1.82, 2.24) is 10.1 Å². The number of aromatic nitrogens is 2. The molecule has 0 saturated carbocycles. The number of aromatic amines is 1. The minimum Gasteiger partial charge on any atom is -0.348 e. The normalized spacial score (nSPS) is 24.2. The molecule has 1 unspecified atom stereocenters. The van der Waals surface area contributed by atoms with Gasteiger partial charge in [-0.2, -0.15) is 16.7 Å². The molecule has 1 aromatic heterocycles. The summed E-state index contributed by atoms with van der Waals surface area (Å²) >= 11 is 6.71. The molecule has 0 amide bonds. The molecular formula is C7H10N2OS2. The zero-order chi connectivity index (χ0) is 8.39. The van der Waals surface area contributed by atoms with Crippen molar-refractivity contribution in [1.29, 1.82) is 0 Å². The Morgan fingerprint density at radius 1 is 1.58 bits per heavy atom.